The number of fused-ring (bicyclic) bond motifs is 1. The molecule has 0 unspecified atom stereocenters. The van der Waals surface area contributed by atoms with Crippen molar-refractivity contribution in [1.82, 2.24) is 0 Å². The number of benzene rings is 1. The van der Waals surface area contributed by atoms with Crippen molar-refractivity contribution < 1.29 is 18.0 Å². The number of halogens is 3. The highest BCUT2D eigenvalue weighted by molar-refractivity contribution is 5.98. The summed E-state index contributed by atoms with van der Waals surface area (Å²) in [7, 11) is 0. The van der Waals surface area contributed by atoms with Crippen LogP contribution in [0.15, 0.2) is 18.2 Å². The molecule has 1 heterocycles. The zero-order chi connectivity index (χ0) is 14.4. The summed E-state index contributed by atoms with van der Waals surface area (Å²) in [5.41, 5.74) is 1.94. The Morgan fingerprint density at radius 2 is 1.95 bits per heavy atom. The van der Waals surface area contributed by atoms with E-state index in [1.807, 2.05) is 26.8 Å². The Bertz CT molecular complexity index is 520. The van der Waals surface area contributed by atoms with Crippen molar-refractivity contribution in [2.45, 2.75) is 38.8 Å². The van der Waals surface area contributed by atoms with Crippen LogP contribution in [0.25, 0.3) is 0 Å². The minimum Gasteiger partial charge on any atom is -0.304 e. The summed E-state index contributed by atoms with van der Waals surface area (Å²) < 4.78 is 37.8. The van der Waals surface area contributed by atoms with Crippen molar-refractivity contribution in [3.8, 4) is 0 Å². The van der Waals surface area contributed by atoms with Gasteiger partial charge in [0.05, 0.1) is 0 Å². The molecule has 1 aromatic carbocycles. The molecule has 1 aromatic rings. The van der Waals surface area contributed by atoms with Crippen LogP contribution in [0.4, 0.5) is 18.9 Å². The number of carbonyl (C=O) groups is 1. The standard InChI is InChI=1S/C14H16F3NO/c1-9-4-5-11-10(8-9)13(2,3)6-7-18(11)12(19)14(15,16)17/h4-5,8H,6-7H2,1-3H3. The second-order valence-electron chi connectivity index (χ2n) is 5.61. The van der Waals surface area contributed by atoms with Crippen LogP contribution in [-0.2, 0) is 10.2 Å². The average Bonchev–Trinajstić information content (AvgIpc) is 2.28. The van der Waals surface area contributed by atoms with E-state index in [-0.39, 0.29) is 12.0 Å². The molecule has 0 saturated carbocycles. The first-order valence-corrected chi connectivity index (χ1v) is 6.13. The summed E-state index contributed by atoms with van der Waals surface area (Å²) >= 11 is 0. The fraction of sp³-hybridized carbons (Fsp3) is 0.500. The molecule has 2 nitrogen and oxygen atoms in total. The van der Waals surface area contributed by atoms with Gasteiger partial charge in [-0.15, -0.1) is 0 Å². The fourth-order valence-electron chi connectivity index (χ4n) is 2.44. The Labute approximate surface area is 110 Å². The molecule has 5 heteroatoms. The van der Waals surface area contributed by atoms with E-state index >= 15 is 0 Å². The Hall–Kier alpha value is -1.52. The quantitative estimate of drug-likeness (QED) is 0.706. The summed E-state index contributed by atoms with van der Waals surface area (Å²) in [5, 5.41) is 0. The first kappa shape index (κ1) is 13.9. The smallest absolute Gasteiger partial charge is 0.304 e. The van der Waals surface area contributed by atoms with Gasteiger partial charge in [0.25, 0.3) is 0 Å². The van der Waals surface area contributed by atoms with Gasteiger partial charge in [0.15, 0.2) is 0 Å². The highest BCUT2D eigenvalue weighted by atomic mass is 19.4. The van der Waals surface area contributed by atoms with E-state index in [1.165, 1.54) is 0 Å². The van der Waals surface area contributed by atoms with E-state index in [2.05, 4.69) is 0 Å². The van der Waals surface area contributed by atoms with Gasteiger partial charge in [-0.3, -0.25) is 4.79 Å². The molecule has 0 N–H and O–H groups in total. The van der Waals surface area contributed by atoms with Crippen molar-refractivity contribution in [1.29, 1.82) is 0 Å². The van der Waals surface area contributed by atoms with Crippen LogP contribution in [0, 0.1) is 6.92 Å². The van der Waals surface area contributed by atoms with Crippen LogP contribution >= 0.6 is 0 Å². The molecule has 19 heavy (non-hydrogen) atoms. The lowest BCUT2D eigenvalue weighted by atomic mass is 9.77. The van der Waals surface area contributed by atoms with Crippen molar-refractivity contribution >= 4 is 11.6 Å². The first-order chi connectivity index (χ1) is 8.63. The van der Waals surface area contributed by atoms with Crippen molar-refractivity contribution in [3.05, 3.63) is 29.3 Å². The summed E-state index contributed by atoms with van der Waals surface area (Å²) in [6.45, 7) is 5.96. The number of hydrogen-bond donors (Lipinski definition) is 0. The molecule has 0 spiro atoms. The van der Waals surface area contributed by atoms with Gasteiger partial charge in [-0.1, -0.05) is 31.5 Å². The minimum absolute atomic E-state index is 0.0986. The van der Waals surface area contributed by atoms with Gasteiger partial charge in [0.2, 0.25) is 0 Å². The van der Waals surface area contributed by atoms with Gasteiger partial charge in [-0.2, -0.15) is 13.2 Å². The maximum Gasteiger partial charge on any atom is 0.471 e. The van der Waals surface area contributed by atoms with Gasteiger partial charge in [0, 0.05) is 12.2 Å². The zero-order valence-electron chi connectivity index (χ0n) is 11.1. The molecule has 1 amide bonds. The SMILES string of the molecule is Cc1ccc2c(c1)C(C)(C)CCN2C(=O)C(F)(F)F. The van der Waals surface area contributed by atoms with Gasteiger partial charge < -0.3 is 4.90 Å². The van der Waals surface area contributed by atoms with Crippen LogP contribution in [0.3, 0.4) is 0 Å². The third-order valence-electron chi connectivity index (χ3n) is 3.62. The largest absolute Gasteiger partial charge is 0.471 e. The Balaban J connectivity index is 2.51. The summed E-state index contributed by atoms with van der Waals surface area (Å²) in [4.78, 5) is 12.3. The first-order valence-electron chi connectivity index (χ1n) is 6.13. The number of rotatable bonds is 0. The molecule has 0 radical (unpaired) electrons. The van der Waals surface area contributed by atoms with Crippen LogP contribution in [-0.4, -0.2) is 18.6 Å². The van der Waals surface area contributed by atoms with E-state index in [9.17, 15) is 18.0 Å². The average molecular weight is 271 g/mol. The molecular formula is C14H16F3NO. The lowest BCUT2D eigenvalue weighted by Crippen LogP contribution is -2.46. The van der Waals surface area contributed by atoms with E-state index in [0.29, 0.717) is 12.1 Å². The molecule has 0 atom stereocenters. The second-order valence-corrected chi connectivity index (χ2v) is 5.61. The van der Waals surface area contributed by atoms with E-state index < -0.39 is 12.1 Å². The maximum absolute atomic E-state index is 12.6. The Kier molecular flexibility index (Phi) is 3.11. The van der Waals surface area contributed by atoms with Crippen molar-refractivity contribution in [3.63, 3.8) is 0 Å². The Morgan fingerprint density at radius 3 is 2.53 bits per heavy atom. The molecule has 0 aliphatic carbocycles. The molecule has 1 aliphatic heterocycles. The minimum atomic E-state index is -4.83. The number of hydrogen-bond acceptors (Lipinski definition) is 1. The summed E-state index contributed by atoms with van der Waals surface area (Å²) in [5.74, 6) is -1.78. The van der Waals surface area contributed by atoms with Gasteiger partial charge in [-0.25, -0.2) is 0 Å². The fourth-order valence-corrected chi connectivity index (χ4v) is 2.44. The van der Waals surface area contributed by atoms with Crippen LogP contribution in [0.1, 0.15) is 31.4 Å². The third kappa shape index (κ3) is 2.46. The van der Waals surface area contributed by atoms with Crippen molar-refractivity contribution in [2.24, 2.45) is 0 Å². The highest BCUT2D eigenvalue weighted by Crippen LogP contribution is 2.41. The lowest BCUT2D eigenvalue weighted by Gasteiger charge is -2.39. The molecule has 1 aliphatic rings. The normalized spacial score (nSPS) is 18.1. The number of anilines is 1. The number of carbonyl (C=O) groups excluding carboxylic acids is 1. The van der Waals surface area contributed by atoms with Gasteiger partial charge in [0.1, 0.15) is 0 Å². The summed E-state index contributed by atoms with van der Waals surface area (Å²) in [6, 6.07) is 5.21. The molecular weight excluding hydrogens is 255 g/mol. The zero-order valence-corrected chi connectivity index (χ0v) is 11.1. The predicted molar refractivity (Wildman–Crippen MR) is 67.2 cm³/mol. The summed E-state index contributed by atoms with van der Waals surface area (Å²) in [6.07, 6.45) is -4.31. The third-order valence-corrected chi connectivity index (χ3v) is 3.62. The topological polar surface area (TPSA) is 20.3 Å². The Morgan fingerprint density at radius 1 is 1.32 bits per heavy atom. The molecule has 0 saturated heterocycles. The van der Waals surface area contributed by atoms with Crippen LogP contribution in [0.2, 0.25) is 0 Å². The number of aryl methyl sites for hydroxylation is 1. The monoisotopic (exact) mass is 271 g/mol. The number of amides is 1. The van der Waals surface area contributed by atoms with Gasteiger partial charge in [-0.05, 0) is 30.4 Å². The van der Waals surface area contributed by atoms with Crippen LogP contribution < -0.4 is 4.90 Å². The number of nitrogens with zero attached hydrogens (tertiary/aromatic N) is 1. The maximum atomic E-state index is 12.6. The van der Waals surface area contributed by atoms with E-state index in [1.54, 1.807) is 12.1 Å². The number of alkyl halides is 3. The van der Waals surface area contributed by atoms with Gasteiger partial charge >= 0.3 is 12.1 Å². The molecule has 2 rings (SSSR count). The highest BCUT2D eigenvalue weighted by Gasteiger charge is 2.45. The molecule has 0 aromatic heterocycles. The molecule has 0 bridgehead atoms. The van der Waals surface area contributed by atoms with Crippen LogP contribution in [0.5, 0.6) is 0 Å². The molecule has 0 fully saturated rings. The predicted octanol–water partition coefficient (Wildman–Crippen LogP) is 3.57. The second kappa shape index (κ2) is 4.25. The van der Waals surface area contributed by atoms with E-state index in [0.717, 1.165) is 16.0 Å². The lowest BCUT2D eigenvalue weighted by molar-refractivity contribution is -0.170. The molecule has 104 valence electrons. The van der Waals surface area contributed by atoms with Crippen molar-refractivity contribution in [2.75, 3.05) is 11.4 Å². The van der Waals surface area contributed by atoms with E-state index in [4.69, 9.17) is 0 Å².